The van der Waals surface area contributed by atoms with Crippen LogP contribution >= 0.6 is 11.3 Å². The second-order valence-corrected chi connectivity index (χ2v) is 6.01. The molecule has 0 aliphatic carbocycles. The molecular formula is C15H17NO2S. The van der Waals surface area contributed by atoms with E-state index in [-0.39, 0.29) is 11.7 Å². The summed E-state index contributed by atoms with van der Waals surface area (Å²) in [6, 6.07) is 5.35. The number of rotatable bonds is 2. The number of hydrogen-bond acceptors (Lipinski definition) is 3. The predicted octanol–water partition coefficient (Wildman–Crippen LogP) is 3.94. The second kappa shape index (κ2) is 5.05. The minimum Gasteiger partial charge on any atom is -0.508 e. The number of anilines is 1. The van der Waals surface area contributed by atoms with E-state index >= 15 is 0 Å². The largest absolute Gasteiger partial charge is 0.508 e. The van der Waals surface area contributed by atoms with Crippen molar-refractivity contribution in [2.24, 2.45) is 0 Å². The lowest BCUT2D eigenvalue weighted by Gasteiger charge is -2.09. The number of amides is 1. The van der Waals surface area contributed by atoms with Crippen LogP contribution in [0.2, 0.25) is 0 Å². The molecule has 0 aliphatic heterocycles. The van der Waals surface area contributed by atoms with Crippen LogP contribution < -0.4 is 5.32 Å². The van der Waals surface area contributed by atoms with Gasteiger partial charge in [0.1, 0.15) is 5.75 Å². The predicted molar refractivity (Wildman–Crippen MR) is 79.3 cm³/mol. The van der Waals surface area contributed by atoms with E-state index in [1.807, 2.05) is 33.8 Å². The van der Waals surface area contributed by atoms with E-state index < -0.39 is 0 Å². The normalized spacial score (nSPS) is 10.5. The molecule has 19 heavy (non-hydrogen) atoms. The van der Waals surface area contributed by atoms with Crippen LogP contribution in [-0.4, -0.2) is 11.0 Å². The first-order valence-corrected chi connectivity index (χ1v) is 6.88. The van der Waals surface area contributed by atoms with Crippen molar-refractivity contribution >= 4 is 22.9 Å². The highest BCUT2D eigenvalue weighted by Gasteiger charge is 2.12. The summed E-state index contributed by atoms with van der Waals surface area (Å²) >= 11 is 1.49. The van der Waals surface area contributed by atoms with Crippen molar-refractivity contribution in [3.63, 3.8) is 0 Å². The van der Waals surface area contributed by atoms with Gasteiger partial charge >= 0.3 is 0 Å². The molecule has 100 valence electrons. The third-order valence-electron chi connectivity index (χ3n) is 3.18. The Hall–Kier alpha value is -1.81. The lowest BCUT2D eigenvalue weighted by atomic mass is 10.1. The number of carbonyl (C=O) groups excluding carboxylic acids is 1. The lowest BCUT2D eigenvalue weighted by Crippen LogP contribution is -2.11. The van der Waals surface area contributed by atoms with Crippen LogP contribution in [0.1, 0.15) is 31.2 Å². The zero-order valence-electron chi connectivity index (χ0n) is 11.5. The summed E-state index contributed by atoms with van der Waals surface area (Å²) in [4.78, 5) is 14.0. The monoisotopic (exact) mass is 275 g/mol. The minimum atomic E-state index is -0.102. The molecule has 1 amide bonds. The number of hydrogen-bond donors (Lipinski definition) is 2. The van der Waals surface area contributed by atoms with E-state index in [2.05, 4.69) is 5.32 Å². The number of aryl methyl sites for hydroxylation is 4. The van der Waals surface area contributed by atoms with Crippen LogP contribution in [0.3, 0.4) is 0 Å². The van der Waals surface area contributed by atoms with E-state index in [0.29, 0.717) is 4.88 Å². The lowest BCUT2D eigenvalue weighted by molar-refractivity contribution is 0.103. The molecule has 0 radical (unpaired) electrons. The van der Waals surface area contributed by atoms with Crippen LogP contribution in [0.15, 0.2) is 18.2 Å². The molecule has 0 unspecified atom stereocenters. The molecule has 0 aliphatic rings. The molecule has 4 heteroatoms. The van der Waals surface area contributed by atoms with Gasteiger partial charge in [0.15, 0.2) is 0 Å². The van der Waals surface area contributed by atoms with E-state index in [9.17, 15) is 9.90 Å². The van der Waals surface area contributed by atoms with E-state index in [1.54, 1.807) is 12.1 Å². The number of phenols is 1. The van der Waals surface area contributed by atoms with Gasteiger partial charge in [0.05, 0.1) is 4.88 Å². The number of phenolic OH excluding ortho intramolecular Hbond substituents is 1. The average Bonchev–Trinajstić information content (AvgIpc) is 2.67. The van der Waals surface area contributed by atoms with Gasteiger partial charge in [-0.2, -0.15) is 0 Å². The summed E-state index contributed by atoms with van der Waals surface area (Å²) in [6.07, 6.45) is 0. The molecule has 0 atom stereocenters. The quantitative estimate of drug-likeness (QED) is 0.816. The van der Waals surface area contributed by atoms with Crippen molar-refractivity contribution < 1.29 is 9.90 Å². The molecule has 0 spiro atoms. The third-order valence-corrected chi connectivity index (χ3v) is 4.33. The number of nitrogens with one attached hydrogen (secondary N) is 1. The summed E-state index contributed by atoms with van der Waals surface area (Å²) < 4.78 is 0. The third kappa shape index (κ3) is 2.79. The molecule has 1 aromatic carbocycles. The maximum absolute atomic E-state index is 12.2. The summed E-state index contributed by atoms with van der Waals surface area (Å²) in [5.74, 6) is 0.146. The molecule has 0 saturated heterocycles. The fourth-order valence-corrected chi connectivity index (χ4v) is 2.73. The average molecular weight is 275 g/mol. The summed E-state index contributed by atoms with van der Waals surface area (Å²) in [6.45, 7) is 7.68. The van der Waals surface area contributed by atoms with Crippen LogP contribution in [0.4, 0.5) is 5.69 Å². The van der Waals surface area contributed by atoms with Crippen molar-refractivity contribution in [3.8, 4) is 5.75 Å². The molecule has 0 saturated carbocycles. The highest BCUT2D eigenvalue weighted by Crippen LogP contribution is 2.27. The summed E-state index contributed by atoms with van der Waals surface area (Å²) in [5, 5.41) is 12.5. The van der Waals surface area contributed by atoms with Gasteiger partial charge in [-0.1, -0.05) is 0 Å². The topological polar surface area (TPSA) is 49.3 Å². The van der Waals surface area contributed by atoms with Gasteiger partial charge in [-0.05, 0) is 62.6 Å². The molecule has 2 rings (SSSR count). The molecular weight excluding hydrogens is 258 g/mol. The number of benzene rings is 1. The number of carbonyl (C=O) groups is 1. The Morgan fingerprint density at radius 3 is 2.32 bits per heavy atom. The highest BCUT2D eigenvalue weighted by atomic mass is 32.1. The van der Waals surface area contributed by atoms with E-state index in [0.717, 1.165) is 27.3 Å². The van der Waals surface area contributed by atoms with Crippen molar-refractivity contribution in [3.05, 3.63) is 44.6 Å². The number of aromatic hydroxyl groups is 1. The van der Waals surface area contributed by atoms with Gasteiger partial charge in [0.2, 0.25) is 0 Å². The summed E-state index contributed by atoms with van der Waals surface area (Å²) in [7, 11) is 0. The molecule has 1 heterocycles. The Morgan fingerprint density at radius 2 is 1.74 bits per heavy atom. The van der Waals surface area contributed by atoms with E-state index in [4.69, 9.17) is 0 Å². The number of thiophene rings is 1. The molecule has 0 fully saturated rings. The van der Waals surface area contributed by atoms with Crippen LogP contribution in [-0.2, 0) is 0 Å². The maximum atomic E-state index is 12.2. The molecule has 2 N–H and O–H groups in total. The van der Waals surface area contributed by atoms with Gasteiger partial charge in [-0.15, -0.1) is 11.3 Å². The molecule has 3 nitrogen and oxygen atoms in total. The van der Waals surface area contributed by atoms with Crippen LogP contribution in [0, 0.1) is 27.7 Å². The van der Waals surface area contributed by atoms with Crippen LogP contribution in [0.25, 0.3) is 0 Å². The zero-order valence-corrected chi connectivity index (χ0v) is 12.3. The minimum absolute atomic E-state index is 0.102. The van der Waals surface area contributed by atoms with Gasteiger partial charge in [-0.3, -0.25) is 4.79 Å². The van der Waals surface area contributed by atoms with Crippen molar-refractivity contribution in [1.29, 1.82) is 0 Å². The van der Waals surface area contributed by atoms with Gasteiger partial charge < -0.3 is 10.4 Å². The fourth-order valence-electron chi connectivity index (χ4n) is 1.80. The van der Waals surface area contributed by atoms with Crippen LogP contribution in [0.5, 0.6) is 5.75 Å². The Morgan fingerprint density at radius 1 is 1.05 bits per heavy atom. The Labute approximate surface area is 116 Å². The maximum Gasteiger partial charge on any atom is 0.265 e. The van der Waals surface area contributed by atoms with Crippen molar-refractivity contribution in [1.82, 2.24) is 0 Å². The first-order chi connectivity index (χ1) is 8.88. The van der Waals surface area contributed by atoms with E-state index in [1.165, 1.54) is 11.3 Å². The molecule has 0 bridgehead atoms. The Kier molecular flexibility index (Phi) is 3.62. The van der Waals surface area contributed by atoms with Gasteiger partial charge in [-0.25, -0.2) is 0 Å². The Balaban J connectivity index is 2.26. The SMILES string of the molecule is Cc1cc(NC(=O)c2cc(C)c(C)s2)c(C)cc1O. The zero-order chi connectivity index (χ0) is 14.2. The Bertz CT molecular complexity index is 624. The first-order valence-electron chi connectivity index (χ1n) is 6.07. The fraction of sp³-hybridized carbons (Fsp3) is 0.267. The molecule has 2 aromatic rings. The standard InChI is InChI=1S/C15H17NO2S/c1-8-7-14(19-11(8)4)15(18)16-12-5-10(3)13(17)6-9(12)2/h5-7,17H,1-4H3,(H,16,18). The highest BCUT2D eigenvalue weighted by molar-refractivity contribution is 7.14. The summed E-state index contributed by atoms with van der Waals surface area (Å²) in [5.41, 5.74) is 3.47. The first kappa shape index (κ1) is 13.6. The molecule has 1 aromatic heterocycles. The van der Waals surface area contributed by atoms with Gasteiger partial charge in [0, 0.05) is 10.6 Å². The smallest absolute Gasteiger partial charge is 0.265 e. The van der Waals surface area contributed by atoms with Gasteiger partial charge in [0.25, 0.3) is 5.91 Å². The second-order valence-electron chi connectivity index (χ2n) is 4.76. The van der Waals surface area contributed by atoms with Crippen molar-refractivity contribution in [2.75, 3.05) is 5.32 Å². The van der Waals surface area contributed by atoms with Crippen molar-refractivity contribution in [2.45, 2.75) is 27.7 Å².